The fraction of sp³-hybridized carbons (Fsp3) is 0.176. The molecule has 124 valence electrons. The first-order valence-electron chi connectivity index (χ1n) is 7.22. The molecule has 1 aliphatic rings. The molecule has 24 heavy (non-hydrogen) atoms. The lowest BCUT2D eigenvalue weighted by molar-refractivity contribution is -0.137. The predicted molar refractivity (Wildman–Crippen MR) is 82.5 cm³/mol. The summed E-state index contributed by atoms with van der Waals surface area (Å²) in [6, 6.07) is 11.5. The highest BCUT2D eigenvalue weighted by Crippen LogP contribution is 2.36. The molecule has 2 aromatic rings. The molecule has 0 saturated heterocycles. The minimum absolute atomic E-state index is 0.114. The number of fused-ring (bicyclic) bond motifs is 1. The van der Waals surface area contributed by atoms with Crippen LogP contribution in [0, 0.1) is 0 Å². The molecule has 1 heterocycles. The quantitative estimate of drug-likeness (QED) is 0.878. The Morgan fingerprint density at radius 1 is 1.08 bits per heavy atom. The van der Waals surface area contributed by atoms with Gasteiger partial charge in [-0.15, -0.1) is 0 Å². The zero-order chi connectivity index (χ0) is 17.3. The Kier molecular flexibility index (Phi) is 4.01. The molecule has 0 radical (unpaired) electrons. The smallest absolute Gasteiger partial charge is 0.326 e. The molecule has 0 fully saturated rings. The molecule has 2 amide bonds. The van der Waals surface area contributed by atoms with Gasteiger partial charge in [-0.05, 0) is 23.8 Å². The van der Waals surface area contributed by atoms with Crippen molar-refractivity contribution in [2.45, 2.75) is 18.5 Å². The summed E-state index contributed by atoms with van der Waals surface area (Å²) in [5.41, 5.74) is -0.164. The van der Waals surface area contributed by atoms with E-state index in [0.29, 0.717) is 11.3 Å². The van der Waals surface area contributed by atoms with Gasteiger partial charge in [-0.1, -0.05) is 30.3 Å². The van der Waals surface area contributed by atoms with E-state index in [1.165, 1.54) is 18.2 Å². The van der Waals surface area contributed by atoms with Crippen molar-refractivity contribution in [1.29, 1.82) is 0 Å². The zero-order valence-corrected chi connectivity index (χ0v) is 12.4. The van der Waals surface area contributed by atoms with Crippen LogP contribution in [0.15, 0.2) is 48.5 Å². The van der Waals surface area contributed by atoms with Crippen LogP contribution in [0.3, 0.4) is 0 Å². The summed E-state index contributed by atoms with van der Waals surface area (Å²) < 4.78 is 39.1. The van der Waals surface area contributed by atoms with E-state index in [2.05, 4.69) is 10.6 Å². The Hall–Kier alpha value is -2.83. The third-order valence-electron chi connectivity index (χ3n) is 3.81. The number of carbonyl (C=O) groups is 2. The Bertz CT molecular complexity index is 802. The average molecular weight is 334 g/mol. The number of anilines is 2. The van der Waals surface area contributed by atoms with Crippen LogP contribution in [0.5, 0.6) is 0 Å². The first-order valence-corrected chi connectivity index (χ1v) is 7.22. The van der Waals surface area contributed by atoms with E-state index >= 15 is 0 Å². The fourth-order valence-electron chi connectivity index (χ4n) is 2.70. The number of carbonyl (C=O) groups excluding carboxylic acids is 2. The van der Waals surface area contributed by atoms with E-state index in [0.717, 1.165) is 6.07 Å². The van der Waals surface area contributed by atoms with E-state index in [1.54, 1.807) is 24.3 Å². The molecule has 4 nitrogen and oxygen atoms in total. The van der Waals surface area contributed by atoms with Gasteiger partial charge < -0.3 is 10.6 Å². The highest BCUT2D eigenvalue weighted by molar-refractivity contribution is 6.05. The van der Waals surface area contributed by atoms with Gasteiger partial charge in [-0.3, -0.25) is 9.59 Å². The molecule has 0 aromatic heterocycles. The minimum Gasteiger partial charge on any atom is -0.326 e. The van der Waals surface area contributed by atoms with Gasteiger partial charge >= 0.3 is 6.18 Å². The summed E-state index contributed by atoms with van der Waals surface area (Å²) in [5, 5.41) is 4.95. The van der Waals surface area contributed by atoms with Gasteiger partial charge in [0.25, 0.3) is 0 Å². The number of alkyl halides is 3. The Balaban J connectivity index is 1.91. The summed E-state index contributed by atoms with van der Waals surface area (Å²) in [6.07, 6.45) is -4.69. The highest BCUT2D eigenvalue weighted by Gasteiger charge is 2.35. The zero-order valence-electron chi connectivity index (χ0n) is 12.4. The van der Waals surface area contributed by atoms with Crippen molar-refractivity contribution in [2.24, 2.45) is 0 Å². The number of para-hydroxylation sites is 2. The Morgan fingerprint density at radius 3 is 2.50 bits per heavy atom. The highest BCUT2D eigenvalue weighted by atomic mass is 19.4. The molecule has 0 spiro atoms. The van der Waals surface area contributed by atoms with Crippen molar-refractivity contribution in [3.8, 4) is 0 Å². The molecule has 0 aliphatic carbocycles. The lowest BCUT2D eigenvalue weighted by Crippen LogP contribution is -2.31. The van der Waals surface area contributed by atoms with Crippen molar-refractivity contribution < 1.29 is 22.8 Å². The number of halogens is 3. The second kappa shape index (κ2) is 5.99. The van der Waals surface area contributed by atoms with Crippen molar-refractivity contribution in [1.82, 2.24) is 0 Å². The lowest BCUT2D eigenvalue weighted by atomic mass is 9.89. The third kappa shape index (κ3) is 3.10. The van der Waals surface area contributed by atoms with Gasteiger partial charge in [-0.2, -0.15) is 13.2 Å². The monoisotopic (exact) mass is 334 g/mol. The van der Waals surface area contributed by atoms with Crippen LogP contribution in [-0.2, 0) is 15.8 Å². The Labute approximate surface area is 135 Å². The number of amides is 2. The van der Waals surface area contributed by atoms with Crippen LogP contribution >= 0.6 is 0 Å². The lowest BCUT2D eigenvalue weighted by Gasteiger charge is -2.25. The summed E-state index contributed by atoms with van der Waals surface area (Å²) in [7, 11) is 0. The molecule has 0 bridgehead atoms. The average Bonchev–Trinajstić information content (AvgIpc) is 2.53. The van der Waals surface area contributed by atoms with Crippen molar-refractivity contribution >= 4 is 23.2 Å². The minimum atomic E-state index is -4.58. The third-order valence-corrected chi connectivity index (χ3v) is 3.81. The molecule has 0 saturated carbocycles. The molecule has 1 atom stereocenters. The van der Waals surface area contributed by atoms with E-state index in [4.69, 9.17) is 0 Å². The second-order valence-corrected chi connectivity index (χ2v) is 5.42. The largest absolute Gasteiger partial charge is 0.418 e. The van der Waals surface area contributed by atoms with E-state index in [1.807, 2.05) is 0 Å². The topological polar surface area (TPSA) is 58.2 Å². The van der Waals surface area contributed by atoms with Crippen LogP contribution in [-0.4, -0.2) is 11.8 Å². The number of rotatable bonds is 2. The maximum atomic E-state index is 13.0. The van der Waals surface area contributed by atoms with E-state index < -0.39 is 23.6 Å². The maximum Gasteiger partial charge on any atom is 0.418 e. The van der Waals surface area contributed by atoms with Crippen molar-refractivity contribution in [2.75, 3.05) is 10.6 Å². The van der Waals surface area contributed by atoms with Gasteiger partial charge in [0.05, 0.1) is 17.2 Å². The van der Waals surface area contributed by atoms with Crippen LogP contribution in [0.2, 0.25) is 0 Å². The van der Waals surface area contributed by atoms with Gasteiger partial charge in [0, 0.05) is 12.1 Å². The Morgan fingerprint density at radius 2 is 1.75 bits per heavy atom. The van der Waals surface area contributed by atoms with Crippen LogP contribution in [0.4, 0.5) is 24.5 Å². The summed E-state index contributed by atoms with van der Waals surface area (Å²) >= 11 is 0. The summed E-state index contributed by atoms with van der Waals surface area (Å²) in [4.78, 5) is 24.2. The van der Waals surface area contributed by atoms with Crippen molar-refractivity contribution in [3.05, 3.63) is 59.7 Å². The molecule has 2 N–H and O–H groups in total. The molecule has 2 aromatic carbocycles. The number of nitrogens with one attached hydrogen (secondary N) is 2. The summed E-state index contributed by atoms with van der Waals surface area (Å²) in [6.45, 7) is 0. The van der Waals surface area contributed by atoms with Crippen LogP contribution < -0.4 is 10.6 Å². The molecule has 1 unspecified atom stereocenters. The number of hydrogen-bond acceptors (Lipinski definition) is 2. The molecule has 7 heteroatoms. The molecule has 3 rings (SSSR count). The summed E-state index contributed by atoms with van der Waals surface area (Å²) in [5.74, 6) is -1.83. The van der Waals surface area contributed by atoms with Gasteiger partial charge in [0.15, 0.2) is 0 Å². The molecule has 1 aliphatic heterocycles. The number of benzene rings is 2. The number of hydrogen-bond donors (Lipinski definition) is 2. The van der Waals surface area contributed by atoms with Gasteiger partial charge in [0.2, 0.25) is 11.8 Å². The standard InChI is InChI=1S/C17H13F3N2O2/c18-17(19,20)12-6-2-4-8-14(12)22-16(24)11-9-15(23)21-13-7-3-1-5-10(11)13/h1-8,11H,9H2,(H,21,23)(H,22,24). The van der Waals surface area contributed by atoms with Gasteiger partial charge in [0.1, 0.15) is 0 Å². The fourth-order valence-corrected chi connectivity index (χ4v) is 2.70. The first kappa shape index (κ1) is 16.0. The first-order chi connectivity index (χ1) is 11.4. The molecular formula is C17H13F3N2O2. The normalized spacial score (nSPS) is 17.0. The predicted octanol–water partition coefficient (Wildman–Crippen LogP) is 3.77. The van der Waals surface area contributed by atoms with Crippen molar-refractivity contribution in [3.63, 3.8) is 0 Å². The van der Waals surface area contributed by atoms with Crippen LogP contribution in [0.25, 0.3) is 0 Å². The second-order valence-electron chi connectivity index (χ2n) is 5.42. The van der Waals surface area contributed by atoms with Gasteiger partial charge in [-0.25, -0.2) is 0 Å². The van der Waals surface area contributed by atoms with Crippen LogP contribution in [0.1, 0.15) is 23.5 Å². The SMILES string of the molecule is O=C1CC(C(=O)Nc2ccccc2C(F)(F)F)c2ccccc2N1. The molecular weight excluding hydrogens is 321 g/mol. The maximum absolute atomic E-state index is 13.0. The van der Waals surface area contributed by atoms with E-state index in [-0.39, 0.29) is 18.0 Å². The van der Waals surface area contributed by atoms with E-state index in [9.17, 15) is 22.8 Å².